The van der Waals surface area contributed by atoms with Gasteiger partial charge in [-0.15, -0.1) is 0 Å². The van der Waals surface area contributed by atoms with Crippen molar-refractivity contribution < 1.29 is 24.2 Å². The van der Waals surface area contributed by atoms with E-state index in [-0.39, 0.29) is 31.2 Å². The molecule has 0 radical (unpaired) electrons. The molecule has 0 bridgehead atoms. The third-order valence-corrected chi connectivity index (χ3v) is 10.7. The maximum absolute atomic E-state index is 12.5. The van der Waals surface area contributed by atoms with Crippen LogP contribution in [0, 0.1) is 0 Å². The van der Waals surface area contributed by atoms with Crippen LogP contribution in [0.4, 0.5) is 4.79 Å². The summed E-state index contributed by atoms with van der Waals surface area (Å²) in [4.78, 5) is 13.8. The van der Waals surface area contributed by atoms with E-state index in [4.69, 9.17) is 32.4 Å². The number of hydrogen-bond donors (Lipinski definition) is 2. The van der Waals surface area contributed by atoms with Crippen LogP contribution in [0.15, 0.2) is 18.2 Å². The molecular formula is C23H39Cl2NO5Si. The Morgan fingerprint density at radius 3 is 2.19 bits per heavy atom. The summed E-state index contributed by atoms with van der Waals surface area (Å²) in [5.41, 5.74) is 0.137. The number of benzene rings is 1. The molecular weight excluding hydrogens is 469 g/mol. The second-order valence-electron chi connectivity index (χ2n) is 10.6. The number of aliphatic hydroxyl groups is 2. The van der Waals surface area contributed by atoms with Gasteiger partial charge in [-0.1, -0.05) is 50.0 Å². The molecule has 1 aromatic carbocycles. The van der Waals surface area contributed by atoms with Crippen molar-refractivity contribution in [3.05, 3.63) is 33.8 Å². The Hall–Kier alpha value is -0.833. The lowest BCUT2D eigenvalue weighted by molar-refractivity contribution is 0.00462. The fraction of sp³-hybridized carbons (Fsp3) is 0.696. The van der Waals surface area contributed by atoms with Gasteiger partial charge >= 0.3 is 6.09 Å². The van der Waals surface area contributed by atoms with Crippen LogP contribution in [0.2, 0.25) is 28.2 Å². The summed E-state index contributed by atoms with van der Waals surface area (Å²) in [6, 6.07) is 5.32. The molecule has 0 aromatic heterocycles. The van der Waals surface area contributed by atoms with Gasteiger partial charge in [0.2, 0.25) is 0 Å². The monoisotopic (exact) mass is 507 g/mol. The second-order valence-corrected chi connectivity index (χ2v) is 16.2. The van der Waals surface area contributed by atoms with Crippen molar-refractivity contribution in [1.29, 1.82) is 0 Å². The largest absolute Gasteiger partial charge is 0.444 e. The molecule has 9 heteroatoms. The van der Waals surface area contributed by atoms with Gasteiger partial charge < -0.3 is 24.3 Å². The highest BCUT2D eigenvalue weighted by molar-refractivity contribution is 6.74. The van der Waals surface area contributed by atoms with Crippen molar-refractivity contribution in [2.75, 3.05) is 19.7 Å². The number of nitrogens with zero attached hydrogens (tertiary/aromatic N) is 1. The minimum absolute atomic E-state index is 0.00809. The molecule has 0 aliphatic heterocycles. The Balaban J connectivity index is 3.11. The molecule has 2 N–H and O–H groups in total. The van der Waals surface area contributed by atoms with E-state index in [0.717, 1.165) is 5.56 Å². The zero-order chi connectivity index (χ0) is 24.9. The van der Waals surface area contributed by atoms with Crippen molar-refractivity contribution in [3.8, 4) is 0 Å². The lowest BCUT2D eigenvalue weighted by Gasteiger charge is -2.40. The van der Waals surface area contributed by atoms with Crippen LogP contribution in [0.1, 0.15) is 59.6 Å². The molecule has 0 aliphatic carbocycles. The van der Waals surface area contributed by atoms with Gasteiger partial charge in [0.15, 0.2) is 8.32 Å². The number of rotatable bonds is 9. The molecule has 6 nitrogen and oxygen atoms in total. The predicted octanol–water partition coefficient (Wildman–Crippen LogP) is 6.04. The topological polar surface area (TPSA) is 79.2 Å². The van der Waals surface area contributed by atoms with E-state index in [1.807, 2.05) is 6.07 Å². The van der Waals surface area contributed by atoms with Crippen LogP contribution in [0.3, 0.4) is 0 Å². The quantitative estimate of drug-likeness (QED) is 0.398. The van der Waals surface area contributed by atoms with E-state index in [2.05, 4.69) is 33.9 Å². The number of amides is 1. The first-order chi connectivity index (χ1) is 14.5. The average Bonchev–Trinajstić information content (AvgIpc) is 2.60. The summed E-state index contributed by atoms with van der Waals surface area (Å²) in [6.07, 6.45) is -1.68. The number of carbonyl (C=O) groups excluding carboxylic acids is 1. The fourth-order valence-corrected chi connectivity index (χ4v) is 4.38. The Kier molecular flexibility index (Phi) is 10.5. The molecule has 0 fully saturated rings. The first kappa shape index (κ1) is 29.2. The molecule has 0 heterocycles. The highest BCUT2D eigenvalue weighted by atomic mass is 35.5. The molecule has 32 heavy (non-hydrogen) atoms. The highest BCUT2D eigenvalue weighted by Gasteiger charge is 2.40. The zero-order valence-corrected chi connectivity index (χ0v) is 23.0. The molecule has 0 saturated carbocycles. The van der Waals surface area contributed by atoms with E-state index in [1.165, 1.54) is 4.90 Å². The molecule has 2 unspecified atom stereocenters. The van der Waals surface area contributed by atoms with Gasteiger partial charge in [0.25, 0.3) is 0 Å². The second kappa shape index (κ2) is 11.5. The van der Waals surface area contributed by atoms with Crippen LogP contribution in [0.25, 0.3) is 0 Å². The van der Waals surface area contributed by atoms with Gasteiger partial charge in [-0.2, -0.15) is 0 Å². The third kappa shape index (κ3) is 9.19. The van der Waals surface area contributed by atoms with Crippen LogP contribution >= 0.6 is 23.2 Å². The zero-order valence-electron chi connectivity index (χ0n) is 20.5. The van der Waals surface area contributed by atoms with Crippen LogP contribution < -0.4 is 0 Å². The average molecular weight is 509 g/mol. The minimum atomic E-state index is -2.19. The van der Waals surface area contributed by atoms with Crippen molar-refractivity contribution >= 4 is 37.6 Å². The summed E-state index contributed by atoms with van der Waals surface area (Å²) < 4.78 is 12.0. The summed E-state index contributed by atoms with van der Waals surface area (Å²) in [5.74, 6) is 0. The van der Waals surface area contributed by atoms with Gasteiger partial charge in [-0.05, 0) is 56.6 Å². The molecule has 0 saturated heterocycles. The Morgan fingerprint density at radius 2 is 1.72 bits per heavy atom. The number of halogens is 2. The molecule has 2 atom stereocenters. The van der Waals surface area contributed by atoms with Crippen LogP contribution in [-0.4, -0.2) is 60.9 Å². The van der Waals surface area contributed by atoms with Crippen molar-refractivity contribution in [2.45, 2.75) is 83.9 Å². The van der Waals surface area contributed by atoms with E-state index in [1.54, 1.807) is 32.9 Å². The minimum Gasteiger partial charge on any atom is -0.444 e. The highest BCUT2D eigenvalue weighted by Crippen LogP contribution is 2.41. The van der Waals surface area contributed by atoms with Gasteiger partial charge in [-0.25, -0.2) is 4.79 Å². The molecule has 0 aliphatic rings. The first-order valence-corrected chi connectivity index (χ1v) is 14.5. The van der Waals surface area contributed by atoms with Gasteiger partial charge in [0.05, 0.1) is 35.4 Å². The third-order valence-electron chi connectivity index (χ3n) is 5.50. The Morgan fingerprint density at radius 1 is 1.12 bits per heavy atom. The van der Waals surface area contributed by atoms with Gasteiger partial charge in [0, 0.05) is 13.0 Å². The number of aliphatic hydroxyl groups excluding tert-OH is 2. The Labute approximate surface area is 203 Å². The lowest BCUT2D eigenvalue weighted by Crippen LogP contribution is -2.44. The summed E-state index contributed by atoms with van der Waals surface area (Å²) in [5, 5.41) is 21.1. The van der Waals surface area contributed by atoms with E-state index >= 15 is 0 Å². The summed E-state index contributed by atoms with van der Waals surface area (Å²) in [6.45, 7) is 15.9. The van der Waals surface area contributed by atoms with Crippen molar-refractivity contribution in [1.82, 2.24) is 4.90 Å². The maximum atomic E-state index is 12.5. The number of hydrogen-bond acceptors (Lipinski definition) is 5. The Bertz CT molecular complexity index is 762. The normalized spacial score (nSPS) is 14.8. The number of carbonyl (C=O) groups is 1. The van der Waals surface area contributed by atoms with E-state index in [9.17, 15) is 15.0 Å². The van der Waals surface area contributed by atoms with Crippen molar-refractivity contribution in [3.63, 3.8) is 0 Å². The molecule has 1 rings (SSSR count). The summed E-state index contributed by atoms with van der Waals surface area (Å²) in [7, 11) is -2.19. The summed E-state index contributed by atoms with van der Waals surface area (Å²) >= 11 is 12.3. The molecule has 184 valence electrons. The maximum Gasteiger partial charge on any atom is 0.410 e. The van der Waals surface area contributed by atoms with Crippen LogP contribution in [-0.2, 0) is 9.16 Å². The van der Waals surface area contributed by atoms with Crippen LogP contribution in [0.5, 0.6) is 0 Å². The van der Waals surface area contributed by atoms with Gasteiger partial charge in [0.1, 0.15) is 5.60 Å². The van der Waals surface area contributed by atoms with Gasteiger partial charge in [-0.3, -0.25) is 0 Å². The standard InChI is InChI=1S/C23H39Cl2NO5Si/c1-22(2,3)30-21(29)26(11-12-27)15-17(28)14-20(31-32(7,8)23(4,5)6)16-9-10-18(24)19(25)13-16/h9-10,13,17,20,27-28H,11-12,14-15H2,1-8H3. The molecule has 1 amide bonds. The van der Waals surface area contributed by atoms with E-state index < -0.39 is 32.2 Å². The SMILES string of the molecule is CC(C)(C)OC(=O)N(CCO)CC(O)CC(O[Si](C)(C)C(C)(C)C)c1ccc(Cl)c(Cl)c1. The smallest absolute Gasteiger partial charge is 0.410 e. The number of ether oxygens (including phenoxy) is 1. The fourth-order valence-electron chi connectivity index (χ4n) is 2.78. The molecule has 0 spiro atoms. The predicted molar refractivity (Wildman–Crippen MR) is 133 cm³/mol. The van der Waals surface area contributed by atoms with Crippen molar-refractivity contribution in [2.24, 2.45) is 0 Å². The first-order valence-electron chi connectivity index (χ1n) is 10.9. The van der Waals surface area contributed by atoms with E-state index in [0.29, 0.717) is 10.0 Å². The molecule has 1 aromatic rings. The lowest BCUT2D eigenvalue weighted by atomic mass is 10.0.